The SMILES string of the molecule is CCC(C)(C)CNC1c2ccccc2-c2ccccc21. The highest BCUT2D eigenvalue weighted by Gasteiger charge is 2.28. The van der Waals surface area contributed by atoms with Crippen LogP contribution in [-0.2, 0) is 0 Å². The predicted molar refractivity (Wildman–Crippen MR) is 85.8 cm³/mol. The van der Waals surface area contributed by atoms with Crippen LogP contribution in [0.1, 0.15) is 44.4 Å². The molecule has 0 unspecified atom stereocenters. The highest BCUT2D eigenvalue weighted by Crippen LogP contribution is 2.43. The molecule has 0 heterocycles. The fraction of sp³-hybridized carbons (Fsp3) is 0.368. The molecule has 1 nitrogen and oxygen atoms in total. The monoisotopic (exact) mass is 265 g/mol. The van der Waals surface area contributed by atoms with Crippen LogP contribution in [0, 0.1) is 5.41 Å². The fourth-order valence-corrected chi connectivity index (χ4v) is 2.88. The zero-order chi connectivity index (χ0) is 14.2. The van der Waals surface area contributed by atoms with E-state index in [4.69, 9.17) is 0 Å². The summed E-state index contributed by atoms with van der Waals surface area (Å²) in [5, 5.41) is 3.79. The Morgan fingerprint density at radius 3 is 1.90 bits per heavy atom. The average molecular weight is 265 g/mol. The van der Waals surface area contributed by atoms with Crippen LogP contribution in [0.4, 0.5) is 0 Å². The van der Waals surface area contributed by atoms with Gasteiger partial charge in [0.1, 0.15) is 0 Å². The maximum absolute atomic E-state index is 3.79. The average Bonchev–Trinajstić information content (AvgIpc) is 2.80. The summed E-state index contributed by atoms with van der Waals surface area (Å²) in [6.45, 7) is 7.95. The van der Waals surface area contributed by atoms with Crippen molar-refractivity contribution in [2.24, 2.45) is 5.41 Å². The molecule has 20 heavy (non-hydrogen) atoms. The Kier molecular flexibility index (Phi) is 3.39. The van der Waals surface area contributed by atoms with Crippen molar-refractivity contribution in [3.05, 3.63) is 59.7 Å². The molecule has 2 aromatic carbocycles. The van der Waals surface area contributed by atoms with Gasteiger partial charge in [-0.05, 0) is 34.1 Å². The Balaban J connectivity index is 1.95. The first-order chi connectivity index (χ1) is 9.62. The molecule has 0 aromatic heterocycles. The van der Waals surface area contributed by atoms with Crippen LogP contribution in [0.3, 0.4) is 0 Å². The minimum Gasteiger partial charge on any atom is -0.306 e. The van der Waals surface area contributed by atoms with Gasteiger partial charge in [-0.3, -0.25) is 0 Å². The second-order valence-electron chi connectivity index (χ2n) is 6.51. The van der Waals surface area contributed by atoms with Gasteiger partial charge >= 0.3 is 0 Å². The van der Waals surface area contributed by atoms with Gasteiger partial charge in [0, 0.05) is 6.54 Å². The normalized spacial score (nSPS) is 14.2. The van der Waals surface area contributed by atoms with E-state index in [0.29, 0.717) is 11.5 Å². The predicted octanol–water partition coefficient (Wildman–Crippen LogP) is 4.78. The van der Waals surface area contributed by atoms with E-state index in [-0.39, 0.29) is 0 Å². The van der Waals surface area contributed by atoms with Gasteiger partial charge in [-0.25, -0.2) is 0 Å². The van der Waals surface area contributed by atoms with Crippen molar-refractivity contribution in [2.45, 2.75) is 33.2 Å². The highest BCUT2D eigenvalue weighted by molar-refractivity contribution is 5.78. The number of rotatable bonds is 4. The van der Waals surface area contributed by atoms with Gasteiger partial charge in [0.25, 0.3) is 0 Å². The van der Waals surface area contributed by atoms with Crippen LogP contribution >= 0.6 is 0 Å². The van der Waals surface area contributed by atoms with Crippen molar-refractivity contribution < 1.29 is 0 Å². The van der Waals surface area contributed by atoms with E-state index in [1.54, 1.807) is 0 Å². The Bertz CT molecular complexity index is 567. The Morgan fingerprint density at radius 2 is 1.40 bits per heavy atom. The summed E-state index contributed by atoms with van der Waals surface area (Å²) in [7, 11) is 0. The summed E-state index contributed by atoms with van der Waals surface area (Å²) in [5.41, 5.74) is 5.94. The van der Waals surface area contributed by atoms with Crippen LogP contribution in [0.5, 0.6) is 0 Å². The van der Waals surface area contributed by atoms with E-state index < -0.39 is 0 Å². The van der Waals surface area contributed by atoms with E-state index in [1.807, 2.05) is 0 Å². The molecule has 0 spiro atoms. The minimum atomic E-state index is 0.340. The van der Waals surface area contributed by atoms with E-state index in [0.717, 1.165) is 6.54 Å². The molecule has 0 radical (unpaired) electrons. The summed E-state index contributed by atoms with van der Waals surface area (Å²) < 4.78 is 0. The lowest BCUT2D eigenvalue weighted by molar-refractivity contribution is 0.319. The Hall–Kier alpha value is -1.60. The third-order valence-corrected chi connectivity index (χ3v) is 4.58. The molecule has 1 heteroatoms. The first-order valence-electron chi connectivity index (χ1n) is 7.54. The van der Waals surface area contributed by atoms with E-state index in [9.17, 15) is 0 Å². The summed E-state index contributed by atoms with van der Waals surface area (Å²) in [4.78, 5) is 0. The third-order valence-electron chi connectivity index (χ3n) is 4.58. The number of hydrogen-bond acceptors (Lipinski definition) is 1. The lowest BCUT2D eigenvalue weighted by atomic mass is 9.89. The lowest BCUT2D eigenvalue weighted by Crippen LogP contribution is -2.31. The van der Waals surface area contributed by atoms with Crippen molar-refractivity contribution >= 4 is 0 Å². The summed E-state index contributed by atoms with van der Waals surface area (Å²) in [6.07, 6.45) is 1.19. The molecule has 0 amide bonds. The summed E-state index contributed by atoms with van der Waals surface area (Å²) in [6, 6.07) is 17.9. The molecular formula is C19H23N. The van der Waals surface area contributed by atoms with Crippen LogP contribution in [0.15, 0.2) is 48.5 Å². The summed E-state index contributed by atoms with van der Waals surface area (Å²) >= 11 is 0. The molecule has 2 aromatic rings. The van der Waals surface area contributed by atoms with Crippen LogP contribution < -0.4 is 5.32 Å². The molecule has 0 bridgehead atoms. The quantitative estimate of drug-likeness (QED) is 0.838. The second-order valence-corrected chi connectivity index (χ2v) is 6.51. The molecular weight excluding hydrogens is 242 g/mol. The van der Waals surface area contributed by atoms with Crippen molar-refractivity contribution in [1.29, 1.82) is 0 Å². The molecule has 1 aliphatic rings. The van der Waals surface area contributed by atoms with Gasteiger partial charge in [-0.15, -0.1) is 0 Å². The van der Waals surface area contributed by atoms with E-state index in [1.165, 1.54) is 28.7 Å². The minimum absolute atomic E-state index is 0.340. The topological polar surface area (TPSA) is 12.0 Å². The molecule has 0 atom stereocenters. The van der Waals surface area contributed by atoms with Gasteiger partial charge in [0.05, 0.1) is 6.04 Å². The third kappa shape index (κ3) is 2.27. The maximum atomic E-state index is 3.79. The van der Waals surface area contributed by atoms with Gasteiger partial charge in [0.2, 0.25) is 0 Å². The van der Waals surface area contributed by atoms with Crippen molar-refractivity contribution in [1.82, 2.24) is 5.32 Å². The Morgan fingerprint density at radius 1 is 0.900 bits per heavy atom. The van der Waals surface area contributed by atoms with Crippen LogP contribution in [-0.4, -0.2) is 6.54 Å². The van der Waals surface area contributed by atoms with E-state index >= 15 is 0 Å². The van der Waals surface area contributed by atoms with Crippen molar-refractivity contribution in [2.75, 3.05) is 6.54 Å². The first kappa shape index (κ1) is 13.4. The van der Waals surface area contributed by atoms with Gasteiger partial charge < -0.3 is 5.32 Å². The fourth-order valence-electron chi connectivity index (χ4n) is 2.88. The molecule has 3 rings (SSSR count). The van der Waals surface area contributed by atoms with Crippen LogP contribution in [0.25, 0.3) is 11.1 Å². The molecule has 0 fully saturated rings. The molecule has 0 saturated heterocycles. The second kappa shape index (κ2) is 5.06. The van der Waals surface area contributed by atoms with E-state index in [2.05, 4.69) is 74.6 Å². The smallest absolute Gasteiger partial charge is 0.0589 e. The largest absolute Gasteiger partial charge is 0.306 e. The number of fused-ring (bicyclic) bond motifs is 3. The zero-order valence-corrected chi connectivity index (χ0v) is 12.6. The lowest BCUT2D eigenvalue weighted by Gasteiger charge is -2.26. The highest BCUT2D eigenvalue weighted by atomic mass is 14.9. The van der Waals surface area contributed by atoms with Gasteiger partial charge in [-0.2, -0.15) is 0 Å². The molecule has 1 N–H and O–H groups in total. The number of hydrogen-bond donors (Lipinski definition) is 1. The number of nitrogens with one attached hydrogen (secondary N) is 1. The standard InChI is InChI=1S/C19H23N/c1-4-19(2,3)13-20-18-16-11-7-5-9-14(16)15-10-6-8-12-17(15)18/h5-12,18,20H,4,13H2,1-3H3. The summed E-state index contributed by atoms with van der Waals surface area (Å²) in [5.74, 6) is 0. The molecule has 0 saturated carbocycles. The van der Waals surface area contributed by atoms with Gasteiger partial charge in [-0.1, -0.05) is 69.3 Å². The molecule has 0 aliphatic heterocycles. The molecule has 1 aliphatic carbocycles. The van der Waals surface area contributed by atoms with Gasteiger partial charge in [0.15, 0.2) is 0 Å². The zero-order valence-electron chi connectivity index (χ0n) is 12.6. The number of benzene rings is 2. The van der Waals surface area contributed by atoms with Crippen molar-refractivity contribution in [3.8, 4) is 11.1 Å². The van der Waals surface area contributed by atoms with Crippen LogP contribution in [0.2, 0.25) is 0 Å². The Labute approximate surface area is 122 Å². The molecule has 104 valence electrons. The first-order valence-corrected chi connectivity index (χ1v) is 7.54. The van der Waals surface area contributed by atoms with Crippen molar-refractivity contribution in [3.63, 3.8) is 0 Å². The maximum Gasteiger partial charge on any atom is 0.0589 e.